The van der Waals surface area contributed by atoms with E-state index in [1.165, 1.54) is 25.7 Å². The zero-order chi connectivity index (χ0) is 14.3. The second-order valence-electron chi connectivity index (χ2n) is 6.46. The molecule has 21 heavy (non-hydrogen) atoms. The molecule has 2 aromatic carbocycles. The van der Waals surface area contributed by atoms with Crippen molar-refractivity contribution in [1.29, 1.82) is 0 Å². The summed E-state index contributed by atoms with van der Waals surface area (Å²) in [6.45, 7) is 0. The van der Waals surface area contributed by atoms with Gasteiger partial charge in [0.2, 0.25) is 0 Å². The first kappa shape index (κ1) is 12.9. The van der Waals surface area contributed by atoms with Crippen molar-refractivity contribution < 1.29 is 9.53 Å². The molecule has 1 aliphatic heterocycles. The van der Waals surface area contributed by atoms with Gasteiger partial charge in [-0.3, -0.25) is 4.79 Å². The van der Waals surface area contributed by atoms with Crippen LogP contribution in [-0.2, 0) is 0 Å². The molecule has 1 saturated carbocycles. The Bertz CT molecular complexity index is 694. The molecule has 2 aromatic rings. The number of carbonyl (C=O) groups is 1. The van der Waals surface area contributed by atoms with E-state index in [0.717, 1.165) is 34.9 Å². The lowest BCUT2D eigenvalue weighted by Crippen LogP contribution is -2.41. The van der Waals surface area contributed by atoms with Gasteiger partial charge in [-0.15, -0.1) is 0 Å². The van der Waals surface area contributed by atoms with Crippen LogP contribution in [0.4, 0.5) is 0 Å². The number of ether oxygens (including phenoxy) is 1. The maximum absolute atomic E-state index is 12.8. The molecule has 1 aliphatic carbocycles. The summed E-state index contributed by atoms with van der Waals surface area (Å²) in [7, 11) is 0. The van der Waals surface area contributed by atoms with Gasteiger partial charge in [0.15, 0.2) is 5.78 Å². The number of ketones is 1. The van der Waals surface area contributed by atoms with Crippen LogP contribution in [0.1, 0.15) is 55.3 Å². The van der Waals surface area contributed by atoms with Crippen molar-refractivity contribution in [2.24, 2.45) is 0 Å². The van der Waals surface area contributed by atoms with Gasteiger partial charge < -0.3 is 4.74 Å². The first-order valence-electron chi connectivity index (χ1n) is 8.01. The van der Waals surface area contributed by atoms with Gasteiger partial charge in [0.25, 0.3) is 0 Å². The molecule has 0 radical (unpaired) electrons. The van der Waals surface area contributed by atoms with Crippen LogP contribution in [-0.4, -0.2) is 11.4 Å². The molecule has 2 aliphatic rings. The van der Waals surface area contributed by atoms with E-state index in [-0.39, 0.29) is 11.4 Å². The highest BCUT2D eigenvalue weighted by Crippen LogP contribution is 2.43. The fraction of sp³-hybridized carbons (Fsp3) is 0.421. The molecule has 0 N–H and O–H groups in total. The summed E-state index contributed by atoms with van der Waals surface area (Å²) in [6, 6.07) is 12.1. The summed E-state index contributed by atoms with van der Waals surface area (Å²) in [4.78, 5) is 12.8. The van der Waals surface area contributed by atoms with Crippen LogP contribution < -0.4 is 4.74 Å². The molecule has 4 rings (SSSR count). The van der Waals surface area contributed by atoms with Gasteiger partial charge >= 0.3 is 0 Å². The summed E-state index contributed by atoms with van der Waals surface area (Å²) >= 11 is 0. The van der Waals surface area contributed by atoms with E-state index in [2.05, 4.69) is 12.1 Å². The third kappa shape index (κ3) is 2.14. The number of rotatable bonds is 0. The minimum absolute atomic E-state index is 0.233. The topological polar surface area (TPSA) is 26.3 Å². The molecule has 2 nitrogen and oxygen atoms in total. The Morgan fingerprint density at radius 3 is 2.48 bits per heavy atom. The second kappa shape index (κ2) is 4.87. The van der Waals surface area contributed by atoms with Crippen LogP contribution >= 0.6 is 0 Å². The molecule has 2 heteroatoms. The molecule has 0 atom stereocenters. The molecule has 0 amide bonds. The highest BCUT2D eigenvalue weighted by atomic mass is 16.5. The van der Waals surface area contributed by atoms with Crippen molar-refractivity contribution >= 4 is 16.6 Å². The Morgan fingerprint density at radius 2 is 1.67 bits per heavy atom. The molecule has 0 unspecified atom stereocenters. The van der Waals surface area contributed by atoms with Gasteiger partial charge in [-0.1, -0.05) is 43.2 Å². The zero-order valence-corrected chi connectivity index (χ0v) is 12.2. The van der Waals surface area contributed by atoms with Gasteiger partial charge in [0.1, 0.15) is 11.4 Å². The largest absolute Gasteiger partial charge is 0.486 e. The molecule has 1 heterocycles. The van der Waals surface area contributed by atoms with Crippen molar-refractivity contribution in [2.45, 2.75) is 50.5 Å². The number of carbonyl (C=O) groups excluding carboxylic acids is 1. The molecule has 1 fully saturated rings. The van der Waals surface area contributed by atoms with Gasteiger partial charge in [-0.2, -0.15) is 0 Å². The van der Waals surface area contributed by atoms with Crippen molar-refractivity contribution in [3.63, 3.8) is 0 Å². The number of hydrogen-bond donors (Lipinski definition) is 0. The van der Waals surface area contributed by atoms with Crippen LogP contribution in [0.3, 0.4) is 0 Å². The van der Waals surface area contributed by atoms with Gasteiger partial charge in [-0.25, -0.2) is 0 Å². The Labute approximate surface area is 125 Å². The summed E-state index contributed by atoms with van der Waals surface area (Å²) in [5.41, 5.74) is 0.561. The predicted molar refractivity (Wildman–Crippen MR) is 84.0 cm³/mol. The van der Waals surface area contributed by atoms with Crippen LogP contribution in [0.25, 0.3) is 10.8 Å². The normalized spacial score (nSPS) is 20.9. The molecule has 108 valence electrons. The van der Waals surface area contributed by atoms with Crippen molar-refractivity contribution in [2.75, 3.05) is 0 Å². The zero-order valence-electron chi connectivity index (χ0n) is 12.2. The van der Waals surface area contributed by atoms with Gasteiger partial charge in [-0.05, 0) is 42.5 Å². The number of benzene rings is 2. The van der Waals surface area contributed by atoms with Crippen LogP contribution in [0.5, 0.6) is 5.75 Å². The molecular formula is C19H20O2. The number of fused-ring (bicyclic) bond motifs is 3. The molecule has 0 aromatic heterocycles. The first-order valence-corrected chi connectivity index (χ1v) is 8.01. The van der Waals surface area contributed by atoms with Crippen molar-refractivity contribution in [1.82, 2.24) is 0 Å². The Hall–Kier alpha value is -1.83. The van der Waals surface area contributed by atoms with E-state index in [1.807, 2.05) is 24.3 Å². The first-order chi connectivity index (χ1) is 10.3. The second-order valence-corrected chi connectivity index (χ2v) is 6.46. The minimum Gasteiger partial charge on any atom is -0.486 e. The number of Topliss-reactive ketones (excluding diaryl/α,β-unsaturated/α-hetero) is 1. The molecular weight excluding hydrogens is 260 g/mol. The highest BCUT2D eigenvalue weighted by molar-refractivity contribution is 6.11. The Balaban J connectivity index is 1.82. The van der Waals surface area contributed by atoms with Crippen molar-refractivity contribution in [3.8, 4) is 5.75 Å². The fourth-order valence-corrected chi connectivity index (χ4v) is 3.93. The highest BCUT2D eigenvalue weighted by Gasteiger charge is 2.41. The third-order valence-corrected chi connectivity index (χ3v) is 4.99. The van der Waals surface area contributed by atoms with Gasteiger partial charge in [0, 0.05) is 0 Å². The lowest BCUT2D eigenvalue weighted by molar-refractivity contribution is 0.0301. The maximum Gasteiger partial charge on any atom is 0.171 e. The van der Waals surface area contributed by atoms with Crippen LogP contribution in [0, 0.1) is 0 Å². The quantitative estimate of drug-likeness (QED) is 0.686. The molecule has 0 saturated heterocycles. The SMILES string of the molecule is O=C1CC2(CCCCCC2)Oc2ccc3ccccc3c21. The lowest BCUT2D eigenvalue weighted by atomic mass is 9.83. The minimum atomic E-state index is -0.233. The smallest absolute Gasteiger partial charge is 0.171 e. The summed E-state index contributed by atoms with van der Waals surface area (Å²) in [5, 5.41) is 2.15. The van der Waals surface area contributed by atoms with Crippen molar-refractivity contribution in [3.05, 3.63) is 42.0 Å². The fourth-order valence-electron chi connectivity index (χ4n) is 3.93. The van der Waals surface area contributed by atoms with E-state index in [1.54, 1.807) is 0 Å². The molecule has 0 bridgehead atoms. The van der Waals surface area contributed by atoms with E-state index in [4.69, 9.17) is 4.74 Å². The summed E-state index contributed by atoms with van der Waals surface area (Å²) in [6.07, 6.45) is 7.48. The lowest BCUT2D eigenvalue weighted by Gasteiger charge is -2.37. The monoisotopic (exact) mass is 280 g/mol. The Kier molecular flexibility index (Phi) is 2.99. The van der Waals surface area contributed by atoms with E-state index in [9.17, 15) is 4.79 Å². The predicted octanol–water partition coefficient (Wildman–Crippen LogP) is 4.90. The van der Waals surface area contributed by atoms with E-state index >= 15 is 0 Å². The maximum atomic E-state index is 12.8. The summed E-state index contributed by atoms with van der Waals surface area (Å²) in [5.74, 6) is 1.06. The average Bonchev–Trinajstić information content (AvgIpc) is 2.72. The van der Waals surface area contributed by atoms with E-state index < -0.39 is 0 Å². The summed E-state index contributed by atoms with van der Waals surface area (Å²) < 4.78 is 6.40. The number of hydrogen-bond acceptors (Lipinski definition) is 2. The average molecular weight is 280 g/mol. The molecule has 1 spiro atoms. The van der Waals surface area contributed by atoms with Crippen LogP contribution in [0.15, 0.2) is 36.4 Å². The standard InChI is InChI=1S/C19H20O2/c20-16-13-19(11-5-1-2-6-12-19)21-17-10-9-14-7-3-4-8-15(14)18(16)17/h3-4,7-10H,1-2,5-6,11-13H2. The van der Waals surface area contributed by atoms with E-state index in [0.29, 0.717) is 6.42 Å². The Morgan fingerprint density at radius 1 is 0.905 bits per heavy atom. The third-order valence-electron chi connectivity index (χ3n) is 4.99. The van der Waals surface area contributed by atoms with Crippen LogP contribution in [0.2, 0.25) is 0 Å². The van der Waals surface area contributed by atoms with Gasteiger partial charge in [0.05, 0.1) is 12.0 Å².